The van der Waals surface area contributed by atoms with Gasteiger partial charge in [-0.05, 0) is 19.3 Å². The van der Waals surface area contributed by atoms with Gasteiger partial charge in [-0.3, -0.25) is 9.59 Å². The fraction of sp³-hybridized carbons (Fsp3) is 0.692. The Hall–Kier alpha value is -1.32. The fourth-order valence-corrected chi connectivity index (χ4v) is 2.64. The molecule has 0 aromatic carbocycles. The maximum Gasteiger partial charge on any atom is 0.224 e. The van der Waals surface area contributed by atoms with Crippen LogP contribution in [0, 0.1) is 11.3 Å². The summed E-state index contributed by atoms with van der Waals surface area (Å²) in [7, 11) is 0. The number of hydrogen-bond acceptors (Lipinski definition) is 2. The molecule has 0 fully saturated rings. The van der Waals surface area contributed by atoms with Crippen LogP contribution in [-0.4, -0.2) is 11.8 Å². The van der Waals surface area contributed by atoms with Crippen LogP contribution in [0.1, 0.15) is 45.4 Å². The average molecular weight is 238 g/mol. The van der Waals surface area contributed by atoms with Crippen molar-refractivity contribution in [3.63, 3.8) is 0 Å². The van der Waals surface area contributed by atoms with Gasteiger partial charge in [-0.2, -0.15) is 0 Å². The second-order valence-electron chi connectivity index (χ2n) is 4.84. The summed E-state index contributed by atoms with van der Waals surface area (Å²) in [5, 5.41) is 0. The van der Waals surface area contributed by atoms with E-state index in [9.17, 15) is 9.59 Å². The van der Waals surface area contributed by atoms with Crippen LogP contribution in [0.2, 0.25) is 0 Å². The third-order valence-corrected chi connectivity index (χ3v) is 3.75. The van der Waals surface area contributed by atoms with Crippen molar-refractivity contribution in [2.45, 2.75) is 45.4 Å². The zero-order chi connectivity index (χ0) is 12.9. The van der Waals surface area contributed by atoms with Crippen LogP contribution >= 0.6 is 0 Å². The smallest absolute Gasteiger partial charge is 0.224 e. The highest BCUT2D eigenvalue weighted by molar-refractivity contribution is 5.89. The quantitative estimate of drug-likeness (QED) is 0.542. The first-order chi connectivity index (χ1) is 8.04. The Morgan fingerprint density at radius 2 is 2.00 bits per heavy atom. The van der Waals surface area contributed by atoms with E-state index in [1.807, 2.05) is 12.2 Å². The SMILES string of the molecule is CCCCC[C@]1(C(N)=O)CC=CC[C@H]1C(N)=O. The Morgan fingerprint density at radius 1 is 1.29 bits per heavy atom. The average Bonchev–Trinajstić information content (AvgIpc) is 2.29. The van der Waals surface area contributed by atoms with Crippen molar-refractivity contribution in [3.05, 3.63) is 12.2 Å². The van der Waals surface area contributed by atoms with Crippen LogP contribution in [0.4, 0.5) is 0 Å². The van der Waals surface area contributed by atoms with Gasteiger partial charge in [-0.15, -0.1) is 0 Å². The van der Waals surface area contributed by atoms with E-state index >= 15 is 0 Å². The van der Waals surface area contributed by atoms with Crippen LogP contribution in [0.3, 0.4) is 0 Å². The second-order valence-corrected chi connectivity index (χ2v) is 4.84. The lowest BCUT2D eigenvalue weighted by Crippen LogP contribution is -2.49. The molecule has 0 saturated heterocycles. The molecule has 0 saturated carbocycles. The molecule has 0 aromatic heterocycles. The lowest BCUT2D eigenvalue weighted by molar-refractivity contribution is -0.139. The van der Waals surface area contributed by atoms with Crippen LogP contribution in [0.25, 0.3) is 0 Å². The Balaban J connectivity index is 2.90. The molecule has 1 aliphatic carbocycles. The van der Waals surface area contributed by atoms with Crippen LogP contribution in [0.5, 0.6) is 0 Å². The second kappa shape index (κ2) is 5.84. The van der Waals surface area contributed by atoms with Gasteiger partial charge in [0.05, 0.1) is 11.3 Å². The molecule has 0 radical (unpaired) electrons. The summed E-state index contributed by atoms with van der Waals surface area (Å²) in [6.07, 6.45) is 8.62. The minimum absolute atomic E-state index is 0.387. The zero-order valence-corrected chi connectivity index (χ0v) is 10.4. The maximum absolute atomic E-state index is 11.8. The molecule has 0 unspecified atom stereocenters. The first-order valence-electron chi connectivity index (χ1n) is 6.29. The van der Waals surface area contributed by atoms with Crippen molar-refractivity contribution < 1.29 is 9.59 Å². The predicted octanol–water partition coefficient (Wildman–Crippen LogP) is 1.49. The molecule has 0 aromatic rings. The molecule has 0 bridgehead atoms. The van der Waals surface area contributed by atoms with Crippen molar-refractivity contribution in [2.75, 3.05) is 0 Å². The third kappa shape index (κ3) is 2.87. The summed E-state index contributed by atoms with van der Waals surface area (Å²) >= 11 is 0. The first kappa shape index (κ1) is 13.7. The Bertz CT molecular complexity index is 325. The lowest BCUT2D eigenvalue weighted by atomic mass is 9.65. The van der Waals surface area contributed by atoms with Crippen molar-refractivity contribution in [1.82, 2.24) is 0 Å². The summed E-state index contributed by atoms with van der Waals surface area (Å²) in [5.74, 6) is -1.24. The molecule has 2 amide bonds. The fourth-order valence-electron chi connectivity index (χ4n) is 2.64. The summed E-state index contributed by atoms with van der Waals surface area (Å²) in [4.78, 5) is 23.3. The van der Waals surface area contributed by atoms with E-state index in [1.165, 1.54) is 0 Å². The number of carbonyl (C=O) groups is 2. The molecule has 0 spiro atoms. The highest BCUT2D eigenvalue weighted by Crippen LogP contribution is 2.42. The Kier molecular flexibility index (Phi) is 4.73. The lowest BCUT2D eigenvalue weighted by Gasteiger charge is -2.37. The first-order valence-corrected chi connectivity index (χ1v) is 6.29. The van der Waals surface area contributed by atoms with Gasteiger partial charge in [0.25, 0.3) is 0 Å². The van der Waals surface area contributed by atoms with E-state index < -0.39 is 17.2 Å². The van der Waals surface area contributed by atoms with Gasteiger partial charge in [-0.25, -0.2) is 0 Å². The van der Waals surface area contributed by atoms with Gasteiger partial charge in [0.15, 0.2) is 0 Å². The third-order valence-electron chi connectivity index (χ3n) is 3.75. The molecule has 2 atom stereocenters. The molecule has 4 heteroatoms. The number of unbranched alkanes of at least 4 members (excludes halogenated alkanes) is 2. The van der Waals surface area contributed by atoms with Gasteiger partial charge < -0.3 is 11.5 Å². The summed E-state index contributed by atoms with van der Waals surface area (Å²) in [6, 6.07) is 0. The van der Waals surface area contributed by atoms with E-state index in [-0.39, 0.29) is 5.91 Å². The van der Waals surface area contributed by atoms with E-state index in [1.54, 1.807) is 0 Å². The number of primary amides is 2. The topological polar surface area (TPSA) is 86.2 Å². The van der Waals surface area contributed by atoms with Crippen LogP contribution in [-0.2, 0) is 9.59 Å². The normalized spacial score (nSPS) is 27.9. The van der Waals surface area contributed by atoms with E-state index in [2.05, 4.69) is 6.92 Å². The molecule has 17 heavy (non-hydrogen) atoms. The van der Waals surface area contributed by atoms with Crippen molar-refractivity contribution in [1.29, 1.82) is 0 Å². The molecule has 1 aliphatic rings. The highest BCUT2D eigenvalue weighted by atomic mass is 16.2. The number of carbonyl (C=O) groups excluding carboxylic acids is 2. The van der Waals surface area contributed by atoms with Gasteiger partial charge in [-0.1, -0.05) is 38.3 Å². The molecule has 0 heterocycles. The minimum atomic E-state index is -0.754. The Labute approximate surface area is 102 Å². The Morgan fingerprint density at radius 3 is 2.53 bits per heavy atom. The standard InChI is InChI=1S/C13H22N2O2/c1-2-3-5-8-13(12(15)17)9-6-4-7-10(13)11(14)16/h4,6,10H,2-3,5,7-9H2,1H3,(H2,14,16)(H2,15,17)/t10-,13-/m0/s1. The van der Waals surface area contributed by atoms with Gasteiger partial charge in [0.1, 0.15) is 0 Å². The molecule has 1 rings (SSSR count). The number of hydrogen-bond donors (Lipinski definition) is 2. The number of allylic oxidation sites excluding steroid dienone is 2. The van der Waals surface area contributed by atoms with Gasteiger partial charge >= 0.3 is 0 Å². The molecule has 4 N–H and O–H groups in total. The van der Waals surface area contributed by atoms with Crippen molar-refractivity contribution in [3.8, 4) is 0 Å². The van der Waals surface area contributed by atoms with Crippen molar-refractivity contribution in [2.24, 2.45) is 22.8 Å². The minimum Gasteiger partial charge on any atom is -0.369 e. The molecule has 0 aliphatic heterocycles. The van der Waals surface area contributed by atoms with E-state index in [0.29, 0.717) is 19.3 Å². The summed E-state index contributed by atoms with van der Waals surface area (Å²) < 4.78 is 0. The molecular weight excluding hydrogens is 216 g/mol. The van der Waals surface area contributed by atoms with Crippen LogP contribution < -0.4 is 11.5 Å². The van der Waals surface area contributed by atoms with Gasteiger partial charge in [0, 0.05) is 0 Å². The number of nitrogens with two attached hydrogens (primary N) is 2. The van der Waals surface area contributed by atoms with E-state index in [0.717, 1.165) is 19.3 Å². The highest BCUT2D eigenvalue weighted by Gasteiger charge is 2.46. The predicted molar refractivity (Wildman–Crippen MR) is 66.8 cm³/mol. The number of amides is 2. The largest absolute Gasteiger partial charge is 0.369 e. The van der Waals surface area contributed by atoms with Crippen LogP contribution in [0.15, 0.2) is 12.2 Å². The summed E-state index contributed by atoms with van der Waals surface area (Å²) in [5.41, 5.74) is 10.2. The zero-order valence-electron chi connectivity index (χ0n) is 10.4. The number of rotatable bonds is 6. The monoisotopic (exact) mass is 238 g/mol. The summed E-state index contributed by atoms with van der Waals surface area (Å²) in [6.45, 7) is 2.10. The van der Waals surface area contributed by atoms with Crippen molar-refractivity contribution >= 4 is 11.8 Å². The molecule has 4 nitrogen and oxygen atoms in total. The van der Waals surface area contributed by atoms with E-state index in [4.69, 9.17) is 11.5 Å². The maximum atomic E-state index is 11.8. The molecule has 96 valence electrons. The van der Waals surface area contributed by atoms with Gasteiger partial charge in [0.2, 0.25) is 11.8 Å². The molecular formula is C13H22N2O2.